The van der Waals surface area contributed by atoms with Crippen molar-refractivity contribution >= 4 is 17.9 Å². The zero-order chi connectivity index (χ0) is 19.4. The van der Waals surface area contributed by atoms with E-state index < -0.39 is 22.8 Å². The van der Waals surface area contributed by atoms with Gasteiger partial charge in [-0.2, -0.15) is 9.28 Å². The van der Waals surface area contributed by atoms with Gasteiger partial charge in [-0.1, -0.05) is 0 Å². The van der Waals surface area contributed by atoms with Crippen LogP contribution in [0.1, 0.15) is 33.6 Å². The zero-order valence-corrected chi connectivity index (χ0v) is 15.1. The second-order valence-corrected chi connectivity index (χ2v) is 7.16. The largest absolute Gasteiger partial charge is 0.519 e. The lowest BCUT2D eigenvalue weighted by Crippen LogP contribution is -2.54. The molecule has 1 aromatic carbocycles. The number of likely N-dealkylation sites (tertiary alicyclic amines) is 1. The van der Waals surface area contributed by atoms with E-state index in [-0.39, 0.29) is 22.7 Å². The molecule has 1 aliphatic rings. The van der Waals surface area contributed by atoms with Gasteiger partial charge < -0.3 is 14.2 Å². The van der Waals surface area contributed by atoms with Crippen molar-refractivity contribution in [1.29, 1.82) is 0 Å². The molecule has 0 aliphatic carbocycles. The van der Waals surface area contributed by atoms with Crippen LogP contribution in [0.25, 0.3) is 0 Å². The van der Waals surface area contributed by atoms with Crippen LogP contribution in [-0.4, -0.2) is 47.1 Å². The fourth-order valence-electron chi connectivity index (χ4n) is 2.60. The molecule has 0 N–H and O–H groups in total. The molecular weight excluding hydrogens is 344 g/mol. The average molecular weight is 367 g/mol. The first-order valence-corrected chi connectivity index (χ1v) is 8.30. The van der Waals surface area contributed by atoms with Crippen molar-refractivity contribution in [2.24, 2.45) is 0 Å². The third kappa shape index (κ3) is 5.16. The van der Waals surface area contributed by atoms with Gasteiger partial charge in [0.2, 0.25) is 6.73 Å². The number of hydrogen-bond donors (Lipinski definition) is 0. The Morgan fingerprint density at radius 1 is 1.15 bits per heavy atom. The number of amides is 1. The molecule has 0 atom stereocenters. The molecule has 0 bridgehead atoms. The second kappa shape index (κ2) is 7.69. The molecule has 0 spiro atoms. The quantitative estimate of drug-likeness (QED) is 0.263. The molecular formula is C17H23N2O7+. The lowest BCUT2D eigenvalue weighted by Gasteiger charge is -2.31. The summed E-state index contributed by atoms with van der Waals surface area (Å²) in [5.41, 5.74) is -0.748. The van der Waals surface area contributed by atoms with E-state index >= 15 is 0 Å². The number of ether oxygens (including phenoxy) is 3. The van der Waals surface area contributed by atoms with Crippen molar-refractivity contribution in [3.63, 3.8) is 0 Å². The Morgan fingerprint density at radius 2 is 1.73 bits per heavy atom. The summed E-state index contributed by atoms with van der Waals surface area (Å²) >= 11 is 0. The molecule has 0 unspecified atom stereocenters. The van der Waals surface area contributed by atoms with Gasteiger partial charge in [-0.3, -0.25) is 10.1 Å². The number of carbonyl (C=O) groups excluding carboxylic acids is 2. The van der Waals surface area contributed by atoms with Crippen LogP contribution in [0, 0.1) is 10.1 Å². The monoisotopic (exact) mass is 367 g/mol. The van der Waals surface area contributed by atoms with Crippen LogP contribution in [0.2, 0.25) is 0 Å². The molecule has 2 rings (SSSR count). The molecule has 1 saturated heterocycles. The number of rotatable bonds is 4. The van der Waals surface area contributed by atoms with Crippen LogP contribution in [-0.2, 0) is 9.47 Å². The summed E-state index contributed by atoms with van der Waals surface area (Å²) in [7, 11) is 0. The van der Waals surface area contributed by atoms with E-state index in [1.165, 1.54) is 24.3 Å². The van der Waals surface area contributed by atoms with Gasteiger partial charge in [0, 0.05) is 25.0 Å². The zero-order valence-electron chi connectivity index (χ0n) is 15.1. The van der Waals surface area contributed by atoms with Crippen molar-refractivity contribution in [3.8, 4) is 5.75 Å². The Labute approximate surface area is 151 Å². The number of nitrogens with zero attached hydrogens (tertiary/aromatic N) is 2. The number of nitro groups is 1. The van der Waals surface area contributed by atoms with Crippen molar-refractivity contribution in [3.05, 3.63) is 34.4 Å². The third-order valence-electron chi connectivity index (χ3n) is 3.88. The molecule has 26 heavy (non-hydrogen) atoms. The summed E-state index contributed by atoms with van der Waals surface area (Å²) in [5.74, 6) is 0.117. The van der Waals surface area contributed by atoms with Gasteiger partial charge in [0.1, 0.15) is 11.4 Å². The van der Waals surface area contributed by atoms with Gasteiger partial charge >= 0.3 is 12.2 Å². The Hall–Kier alpha value is -2.68. The average Bonchev–Trinajstić information content (AvgIpc) is 3.02. The predicted molar refractivity (Wildman–Crippen MR) is 90.5 cm³/mol. The number of carbonyl (C=O) groups is 2. The first-order valence-electron chi connectivity index (χ1n) is 8.30. The molecule has 0 radical (unpaired) electrons. The highest BCUT2D eigenvalue weighted by molar-refractivity contribution is 5.64. The minimum Gasteiger partial charge on any atom is -0.414 e. The summed E-state index contributed by atoms with van der Waals surface area (Å²) in [6.45, 7) is 6.21. The summed E-state index contributed by atoms with van der Waals surface area (Å²) < 4.78 is 15.5. The minimum absolute atomic E-state index is 0.0906. The Balaban J connectivity index is 1.95. The standard InChI is InChI=1S/C17H23N2O7/c1-17(2,3)26-15(20)19(10-4-5-11-19)12-24-16(21)25-14-8-6-13(7-9-14)18(22)23/h6-9H,4-5,10-12H2,1-3H3/q+1. The summed E-state index contributed by atoms with van der Waals surface area (Å²) in [6, 6.07) is 5.04. The fourth-order valence-corrected chi connectivity index (χ4v) is 2.60. The van der Waals surface area contributed by atoms with E-state index in [9.17, 15) is 19.7 Å². The first-order chi connectivity index (χ1) is 12.1. The summed E-state index contributed by atoms with van der Waals surface area (Å²) in [4.78, 5) is 34.5. The van der Waals surface area contributed by atoms with Gasteiger partial charge in [0.25, 0.3) is 5.69 Å². The Bertz CT molecular complexity index is 673. The van der Waals surface area contributed by atoms with Gasteiger partial charge in [0.05, 0.1) is 18.0 Å². The molecule has 1 heterocycles. The highest BCUT2D eigenvalue weighted by Crippen LogP contribution is 2.24. The molecule has 9 heteroatoms. The molecule has 142 valence electrons. The fraction of sp³-hybridized carbons (Fsp3) is 0.529. The highest BCUT2D eigenvalue weighted by Gasteiger charge is 2.45. The van der Waals surface area contributed by atoms with E-state index in [2.05, 4.69) is 0 Å². The maximum Gasteiger partial charge on any atom is 0.519 e. The number of nitro benzene ring substituents is 1. The number of benzene rings is 1. The first kappa shape index (κ1) is 19.6. The predicted octanol–water partition coefficient (Wildman–Crippen LogP) is 3.61. The van der Waals surface area contributed by atoms with Gasteiger partial charge in [-0.25, -0.2) is 4.79 Å². The van der Waals surface area contributed by atoms with E-state index in [0.29, 0.717) is 13.1 Å². The smallest absolute Gasteiger partial charge is 0.414 e. The number of hydrogen-bond acceptors (Lipinski definition) is 7. The van der Waals surface area contributed by atoms with Crippen LogP contribution in [0.15, 0.2) is 24.3 Å². The van der Waals surface area contributed by atoms with Crippen molar-refractivity contribution < 1.29 is 33.2 Å². The molecule has 0 aromatic heterocycles. The van der Waals surface area contributed by atoms with E-state index in [1.54, 1.807) is 20.8 Å². The Morgan fingerprint density at radius 3 is 2.23 bits per heavy atom. The molecule has 1 amide bonds. The maximum atomic E-state index is 12.5. The lowest BCUT2D eigenvalue weighted by atomic mass is 10.2. The van der Waals surface area contributed by atoms with Crippen LogP contribution in [0.5, 0.6) is 5.75 Å². The van der Waals surface area contributed by atoms with Crippen LogP contribution in [0.3, 0.4) is 0 Å². The molecule has 1 aliphatic heterocycles. The lowest BCUT2D eigenvalue weighted by molar-refractivity contribution is -0.864. The Kier molecular flexibility index (Phi) is 5.81. The number of quaternary nitrogens is 1. The second-order valence-electron chi connectivity index (χ2n) is 7.16. The highest BCUT2D eigenvalue weighted by atomic mass is 16.7. The normalized spacial score (nSPS) is 16.0. The summed E-state index contributed by atoms with van der Waals surface area (Å²) in [6.07, 6.45) is 0.255. The maximum absolute atomic E-state index is 12.5. The van der Waals surface area contributed by atoms with Crippen molar-refractivity contribution in [1.82, 2.24) is 0 Å². The van der Waals surface area contributed by atoms with Gasteiger partial charge in [0.15, 0.2) is 0 Å². The van der Waals surface area contributed by atoms with Crippen molar-refractivity contribution in [2.75, 3.05) is 19.8 Å². The molecule has 9 nitrogen and oxygen atoms in total. The van der Waals surface area contributed by atoms with E-state index in [1.807, 2.05) is 0 Å². The van der Waals surface area contributed by atoms with Crippen LogP contribution in [0.4, 0.5) is 15.3 Å². The third-order valence-corrected chi connectivity index (χ3v) is 3.88. The van der Waals surface area contributed by atoms with Crippen LogP contribution < -0.4 is 4.74 Å². The molecule has 0 saturated carbocycles. The minimum atomic E-state index is -0.980. The van der Waals surface area contributed by atoms with Gasteiger partial charge in [-0.15, -0.1) is 0 Å². The van der Waals surface area contributed by atoms with Crippen molar-refractivity contribution in [2.45, 2.75) is 39.2 Å². The van der Waals surface area contributed by atoms with E-state index in [4.69, 9.17) is 14.2 Å². The molecule has 1 aromatic rings. The topological polar surface area (TPSA) is 105 Å². The van der Waals surface area contributed by atoms with Crippen LogP contribution >= 0.6 is 0 Å². The SMILES string of the molecule is CC(C)(C)OC(=O)[N+]1(COC(=O)Oc2ccc([N+](=O)[O-])cc2)CCCC1. The van der Waals surface area contributed by atoms with E-state index in [0.717, 1.165) is 12.8 Å². The molecule has 1 fully saturated rings. The number of non-ortho nitro benzene ring substituents is 1. The van der Waals surface area contributed by atoms with Gasteiger partial charge in [-0.05, 0) is 32.9 Å². The summed E-state index contributed by atoms with van der Waals surface area (Å²) in [5, 5.41) is 10.6.